The molecule has 3 rings (SSSR count). The van der Waals surface area contributed by atoms with E-state index in [-0.39, 0.29) is 16.8 Å². The minimum atomic E-state index is -0.378. The number of ether oxygens (including phenoxy) is 1. The molecule has 128 valence electrons. The molecule has 2 aromatic rings. The van der Waals surface area contributed by atoms with Gasteiger partial charge in [-0.3, -0.25) is 9.69 Å². The van der Waals surface area contributed by atoms with Crippen LogP contribution in [0, 0.1) is 5.82 Å². The van der Waals surface area contributed by atoms with Crippen molar-refractivity contribution in [1.82, 2.24) is 5.32 Å². The normalized spacial score (nSPS) is 15.6. The average molecular weight is 377 g/mol. The molecule has 2 aromatic carbocycles. The van der Waals surface area contributed by atoms with Crippen LogP contribution < -0.4 is 15.0 Å². The van der Waals surface area contributed by atoms with Gasteiger partial charge in [0.15, 0.2) is 5.11 Å². The van der Waals surface area contributed by atoms with Crippen LogP contribution in [0.1, 0.15) is 11.1 Å². The van der Waals surface area contributed by atoms with Gasteiger partial charge in [0.05, 0.1) is 18.7 Å². The van der Waals surface area contributed by atoms with Crippen LogP contribution >= 0.6 is 23.8 Å². The van der Waals surface area contributed by atoms with E-state index in [2.05, 4.69) is 5.32 Å². The number of carbonyl (C=O) groups excluding carboxylic acids is 1. The molecule has 1 heterocycles. The minimum Gasteiger partial charge on any atom is -0.496 e. The highest BCUT2D eigenvalue weighted by atomic mass is 35.5. The summed E-state index contributed by atoms with van der Waals surface area (Å²) in [5.74, 6) is 0.296. The first-order valence-corrected chi connectivity index (χ1v) is 8.33. The largest absolute Gasteiger partial charge is 0.496 e. The summed E-state index contributed by atoms with van der Waals surface area (Å²) < 4.78 is 18.3. The third-order valence-electron chi connectivity index (χ3n) is 3.72. The molecule has 0 saturated carbocycles. The standard InChI is InChI=1S/C18H14ClFN2O2S/c1-24-16-7-2-11(8-12(16)10-19)9-15-17(23)22(18(25)21-15)14-5-3-13(20)4-6-14/h2-9H,10H2,1H3,(H,21,25)/b15-9+. The third kappa shape index (κ3) is 3.50. The highest BCUT2D eigenvalue weighted by Gasteiger charge is 2.31. The van der Waals surface area contributed by atoms with Crippen molar-refractivity contribution in [2.75, 3.05) is 12.0 Å². The second-order valence-corrected chi connectivity index (χ2v) is 5.96. The lowest BCUT2D eigenvalue weighted by molar-refractivity contribution is -0.113. The predicted molar refractivity (Wildman–Crippen MR) is 100 cm³/mol. The van der Waals surface area contributed by atoms with E-state index in [1.54, 1.807) is 19.3 Å². The van der Waals surface area contributed by atoms with Gasteiger partial charge in [-0.05, 0) is 60.3 Å². The lowest BCUT2D eigenvalue weighted by Crippen LogP contribution is -2.30. The topological polar surface area (TPSA) is 41.6 Å². The SMILES string of the molecule is COc1ccc(/C=C2/NC(=S)N(c3ccc(F)cc3)C2=O)cc1CCl. The molecule has 0 unspecified atom stereocenters. The van der Waals surface area contributed by atoms with Gasteiger partial charge in [-0.2, -0.15) is 0 Å². The molecule has 1 fully saturated rings. The lowest BCUT2D eigenvalue weighted by atomic mass is 10.1. The molecule has 1 saturated heterocycles. The number of nitrogens with one attached hydrogen (secondary N) is 1. The third-order valence-corrected chi connectivity index (χ3v) is 4.30. The van der Waals surface area contributed by atoms with Gasteiger partial charge < -0.3 is 10.1 Å². The Kier molecular flexibility index (Phi) is 5.01. The van der Waals surface area contributed by atoms with E-state index in [1.807, 2.05) is 12.1 Å². The Morgan fingerprint density at radius 1 is 1.28 bits per heavy atom. The van der Waals surface area contributed by atoms with E-state index in [0.29, 0.717) is 23.0 Å². The maximum absolute atomic E-state index is 13.1. The summed E-state index contributed by atoms with van der Waals surface area (Å²) in [6.07, 6.45) is 1.69. The molecule has 0 bridgehead atoms. The molecule has 0 radical (unpaired) electrons. The van der Waals surface area contributed by atoms with E-state index in [9.17, 15) is 9.18 Å². The fourth-order valence-corrected chi connectivity index (χ4v) is 3.03. The highest BCUT2D eigenvalue weighted by Crippen LogP contribution is 2.25. The van der Waals surface area contributed by atoms with Gasteiger partial charge >= 0.3 is 0 Å². The monoisotopic (exact) mass is 376 g/mol. The second-order valence-electron chi connectivity index (χ2n) is 5.31. The Morgan fingerprint density at radius 2 is 2.00 bits per heavy atom. The Balaban J connectivity index is 1.91. The van der Waals surface area contributed by atoms with Gasteiger partial charge in [0, 0.05) is 5.56 Å². The summed E-state index contributed by atoms with van der Waals surface area (Å²) in [6, 6.07) is 11.0. The summed E-state index contributed by atoms with van der Waals surface area (Å²) >= 11 is 11.2. The molecule has 1 aliphatic heterocycles. The summed E-state index contributed by atoms with van der Waals surface area (Å²) in [4.78, 5) is 14.0. The summed E-state index contributed by atoms with van der Waals surface area (Å²) in [7, 11) is 1.57. The number of rotatable bonds is 4. The van der Waals surface area contributed by atoms with Crippen LogP contribution in [0.5, 0.6) is 5.75 Å². The van der Waals surface area contributed by atoms with Gasteiger partial charge in [-0.1, -0.05) is 6.07 Å². The van der Waals surface area contributed by atoms with Crippen LogP contribution in [-0.2, 0) is 10.7 Å². The number of halogens is 2. The number of anilines is 1. The molecule has 0 aliphatic carbocycles. The first-order valence-electron chi connectivity index (χ1n) is 7.39. The van der Waals surface area contributed by atoms with Crippen molar-refractivity contribution < 1.29 is 13.9 Å². The molecule has 25 heavy (non-hydrogen) atoms. The molecular formula is C18H14ClFN2O2S. The number of methoxy groups -OCH3 is 1. The van der Waals surface area contributed by atoms with Crippen molar-refractivity contribution >= 4 is 46.6 Å². The van der Waals surface area contributed by atoms with Gasteiger partial charge in [0.1, 0.15) is 17.3 Å². The Morgan fingerprint density at radius 3 is 2.64 bits per heavy atom. The molecule has 0 spiro atoms. The Hall–Kier alpha value is -2.44. The average Bonchev–Trinajstić information content (AvgIpc) is 2.89. The summed E-state index contributed by atoms with van der Waals surface area (Å²) in [6.45, 7) is 0. The van der Waals surface area contributed by atoms with Crippen molar-refractivity contribution in [1.29, 1.82) is 0 Å². The van der Waals surface area contributed by atoms with Crippen LogP contribution in [0.25, 0.3) is 6.08 Å². The van der Waals surface area contributed by atoms with Crippen LogP contribution in [0.3, 0.4) is 0 Å². The Bertz CT molecular complexity index is 868. The predicted octanol–water partition coefficient (Wildman–Crippen LogP) is 3.84. The quantitative estimate of drug-likeness (QED) is 0.500. The molecule has 1 amide bonds. The molecule has 7 heteroatoms. The van der Waals surface area contributed by atoms with Gasteiger partial charge in [0.2, 0.25) is 0 Å². The zero-order chi connectivity index (χ0) is 18.0. The maximum Gasteiger partial charge on any atom is 0.281 e. The number of hydrogen-bond donors (Lipinski definition) is 1. The van der Waals surface area contributed by atoms with Gasteiger partial charge in [-0.25, -0.2) is 4.39 Å². The van der Waals surface area contributed by atoms with Crippen molar-refractivity contribution in [3.05, 3.63) is 65.1 Å². The first kappa shape index (κ1) is 17.4. The lowest BCUT2D eigenvalue weighted by Gasteiger charge is -2.13. The maximum atomic E-state index is 13.1. The van der Waals surface area contributed by atoms with Crippen LogP contribution in [-0.4, -0.2) is 18.1 Å². The fraction of sp³-hybridized carbons (Fsp3) is 0.111. The van der Waals surface area contributed by atoms with Crippen molar-refractivity contribution in [3.8, 4) is 5.75 Å². The minimum absolute atomic E-state index is 0.244. The van der Waals surface area contributed by atoms with Crippen molar-refractivity contribution in [2.24, 2.45) is 0 Å². The van der Waals surface area contributed by atoms with Crippen LogP contribution in [0.2, 0.25) is 0 Å². The van der Waals surface area contributed by atoms with Gasteiger partial charge in [-0.15, -0.1) is 11.6 Å². The molecule has 0 aromatic heterocycles. The molecule has 4 nitrogen and oxygen atoms in total. The summed E-state index contributed by atoms with van der Waals surface area (Å²) in [5, 5.41) is 3.14. The van der Waals surface area contributed by atoms with Crippen molar-refractivity contribution in [2.45, 2.75) is 5.88 Å². The number of benzene rings is 2. The molecular weight excluding hydrogens is 363 g/mol. The van der Waals surface area contributed by atoms with Gasteiger partial charge in [0.25, 0.3) is 5.91 Å². The number of thiocarbonyl (C=S) groups is 1. The second kappa shape index (κ2) is 7.21. The molecule has 1 aliphatic rings. The molecule has 0 atom stereocenters. The smallest absolute Gasteiger partial charge is 0.281 e. The zero-order valence-electron chi connectivity index (χ0n) is 13.3. The number of hydrogen-bond acceptors (Lipinski definition) is 3. The highest BCUT2D eigenvalue weighted by molar-refractivity contribution is 7.80. The van der Waals surface area contributed by atoms with E-state index in [4.69, 9.17) is 28.6 Å². The number of amides is 1. The van der Waals surface area contributed by atoms with Crippen LogP contribution in [0.4, 0.5) is 10.1 Å². The fourth-order valence-electron chi connectivity index (χ4n) is 2.52. The number of alkyl halides is 1. The van der Waals surface area contributed by atoms with E-state index < -0.39 is 0 Å². The van der Waals surface area contributed by atoms with E-state index in [1.165, 1.54) is 29.2 Å². The molecule has 1 N–H and O–H groups in total. The number of carbonyl (C=O) groups is 1. The summed E-state index contributed by atoms with van der Waals surface area (Å²) in [5.41, 5.74) is 2.45. The number of nitrogens with zero attached hydrogens (tertiary/aromatic N) is 1. The first-order chi connectivity index (χ1) is 12.0. The van der Waals surface area contributed by atoms with Crippen molar-refractivity contribution in [3.63, 3.8) is 0 Å². The van der Waals surface area contributed by atoms with E-state index in [0.717, 1.165) is 11.1 Å². The Labute approximate surface area is 154 Å². The van der Waals surface area contributed by atoms with E-state index >= 15 is 0 Å². The zero-order valence-corrected chi connectivity index (χ0v) is 14.8. The van der Waals surface area contributed by atoms with Crippen LogP contribution in [0.15, 0.2) is 48.2 Å².